The van der Waals surface area contributed by atoms with Gasteiger partial charge in [0.15, 0.2) is 0 Å². The molecular formula is C17H23N3O. The van der Waals surface area contributed by atoms with Crippen LogP contribution in [0.2, 0.25) is 0 Å². The first kappa shape index (κ1) is 15.4. The van der Waals surface area contributed by atoms with Crippen molar-refractivity contribution in [1.29, 1.82) is 0 Å². The van der Waals surface area contributed by atoms with Crippen LogP contribution in [-0.4, -0.2) is 21.4 Å². The van der Waals surface area contributed by atoms with E-state index in [2.05, 4.69) is 39.1 Å². The van der Waals surface area contributed by atoms with E-state index in [0.29, 0.717) is 5.82 Å². The van der Waals surface area contributed by atoms with Crippen molar-refractivity contribution < 1.29 is 0 Å². The molecule has 21 heavy (non-hydrogen) atoms. The highest BCUT2D eigenvalue weighted by atomic mass is 16.1. The van der Waals surface area contributed by atoms with Gasteiger partial charge in [-0.15, -0.1) is 0 Å². The lowest BCUT2D eigenvalue weighted by Crippen LogP contribution is -2.35. The maximum Gasteiger partial charge on any atom is 0.254 e. The summed E-state index contributed by atoms with van der Waals surface area (Å²) in [6.45, 7) is 8.41. The molecule has 1 aromatic heterocycles. The number of rotatable bonds is 2. The summed E-state index contributed by atoms with van der Waals surface area (Å²) in [5.74, 6) is 0.699. The van der Waals surface area contributed by atoms with E-state index in [4.69, 9.17) is 0 Å². The zero-order chi connectivity index (χ0) is 15.2. The number of fused-ring (bicyclic) bond motifs is 1. The van der Waals surface area contributed by atoms with Crippen molar-refractivity contribution >= 4 is 0 Å². The summed E-state index contributed by atoms with van der Waals surface area (Å²) in [6, 6.07) is 10.4. The molecule has 2 aromatic rings. The Bertz CT molecular complexity index is 634. The molecule has 0 saturated carbocycles. The van der Waals surface area contributed by atoms with Gasteiger partial charge in [-0.05, 0) is 18.9 Å². The lowest BCUT2D eigenvalue weighted by atomic mass is 10.1. The molecule has 1 N–H and O–H groups in total. The molecule has 0 radical (unpaired) electrons. The Morgan fingerprint density at radius 3 is 2.67 bits per heavy atom. The van der Waals surface area contributed by atoms with Crippen LogP contribution in [0.5, 0.6) is 0 Å². The van der Waals surface area contributed by atoms with E-state index >= 15 is 0 Å². The van der Waals surface area contributed by atoms with Crippen LogP contribution >= 0.6 is 0 Å². The minimum absolute atomic E-state index is 0.0295. The number of aromatic amines is 1. The lowest BCUT2D eigenvalue weighted by Gasteiger charge is -2.27. The zero-order valence-corrected chi connectivity index (χ0v) is 13.0. The van der Waals surface area contributed by atoms with Crippen LogP contribution in [0.15, 0.2) is 35.1 Å². The number of aromatic nitrogens is 2. The van der Waals surface area contributed by atoms with Gasteiger partial charge >= 0.3 is 0 Å². The first-order valence-corrected chi connectivity index (χ1v) is 7.57. The minimum Gasteiger partial charge on any atom is -0.311 e. The zero-order valence-electron chi connectivity index (χ0n) is 13.0. The van der Waals surface area contributed by atoms with Crippen LogP contribution in [0.25, 0.3) is 0 Å². The number of benzene rings is 1. The van der Waals surface area contributed by atoms with Crippen molar-refractivity contribution in [3.63, 3.8) is 0 Å². The molecule has 4 nitrogen and oxygen atoms in total. The number of hydrogen-bond donors (Lipinski definition) is 1. The Kier molecular flexibility index (Phi) is 5.28. The molecule has 2 heterocycles. The van der Waals surface area contributed by atoms with Crippen molar-refractivity contribution in [3.8, 4) is 0 Å². The topological polar surface area (TPSA) is 49.0 Å². The van der Waals surface area contributed by atoms with Gasteiger partial charge in [-0.25, -0.2) is 4.98 Å². The van der Waals surface area contributed by atoms with Gasteiger partial charge in [0.05, 0.1) is 5.69 Å². The maximum atomic E-state index is 11.8. The maximum absolute atomic E-state index is 11.8. The van der Waals surface area contributed by atoms with Crippen LogP contribution < -0.4 is 5.56 Å². The lowest BCUT2D eigenvalue weighted by molar-refractivity contribution is 0.240. The Balaban J connectivity index is 0.000000774. The molecular weight excluding hydrogens is 262 g/mol. The van der Waals surface area contributed by atoms with Crippen LogP contribution in [0.3, 0.4) is 0 Å². The third-order valence-corrected chi connectivity index (χ3v) is 3.52. The van der Waals surface area contributed by atoms with Gasteiger partial charge in [0.2, 0.25) is 0 Å². The first-order valence-electron chi connectivity index (χ1n) is 7.57. The molecule has 1 aromatic carbocycles. The highest BCUT2D eigenvalue weighted by molar-refractivity contribution is 5.21. The summed E-state index contributed by atoms with van der Waals surface area (Å²) in [7, 11) is 0. The summed E-state index contributed by atoms with van der Waals surface area (Å²) in [5, 5.41) is 0. The third kappa shape index (κ3) is 3.79. The van der Waals surface area contributed by atoms with E-state index in [1.54, 1.807) is 0 Å². The number of nitrogens with one attached hydrogen (secondary N) is 1. The molecule has 0 fully saturated rings. The summed E-state index contributed by atoms with van der Waals surface area (Å²) >= 11 is 0. The van der Waals surface area contributed by atoms with Crippen LogP contribution in [0.4, 0.5) is 0 Å². The van der Waals surface area contributed by atoms with Crippen molar-refractivity contribution in [3.05, 3.63) is 63.3 Å². The summed E-state index contributed by atoms with van der Waals surface area (Å²) < 4.78 is 0. The van der Waals surface area contributed by atoms with E-state index < -0.39 is 0 Å². The smallest absolute Gasteiger partial charge is 0.254 e. The summed E-state index contributed by atoms with van der Waals surface area (Å²) in [4.78, 5) is 21.4. The molecule has 0 spiro atoms. The molecule has 1 aliphatic rings. The van der Waals surface area contributed by atoms with E-state index in [0.717, 1.165) is 37.3 Å². The monoisotopic (exact) mass is 285 g/mol. The molecule has 0 saturated heterocycles. The summed E-state index contributed by atoms with van der Waals surface area (Å²) in [6.07, 6.45) is 0.783. The van der Waals surface area contributed by atoms with E-state index in [-0.39, 0.29) is 5.56 Å². The van der Waals surface area contributed by atoms with Gasteiger partial charge in [0.25, 0.3) is 5.56 Å². The fourth-order valence-corrected chi connectivity index (χ4v) is 2.59. The van der Waals surface area contributed by atoms with Crippen molar-refractivity contribution in [2.75, 3.05) is 6.54 Å². The van der Waals surface area contributed by atoms with Crippen LogP contribution in [-0.2, 0) is 19.5 Å². The number of aryl methyl sites for hydroxylation is 1. The van der Waals surface area contributed by atoms with Crippen LogP contribution in [0.1, 0.15) is 36.5 Å². The van der Waals surface area contributed by atoms with Gasteiger partial charge in [0, 0.05) is 25.2 Å². The standard InChI is InChI=1S/C15H17N3O.C2H6/c1-11-16-14-10-18(8-7-13(14)15(19)17-11)9-12-5-3-2-4-6-12;1-2/h2-6H,7-10H2,1H3,(H,16,17,19);1-2H3. The molecule has 0 amide bonds. The summed E-state index contributed by atoms with van der Waals surface area (Å²) in [5.41, 5.74) is 3.12. The average molecular weight is 285 g/mol. The van der Waals surface area contributed by atoms with Crippen molar-refractivity contribution in [1.82, 2.24) is 14.9 Å². The molecule has 0 unspecified atom stereocenters. The predicted molar refractivity (Wildman–Crippen MR) is 85.2 cm³/mol. The second-order valence-electron chi connectivity index (χ2n) is 5.02. The Labute approximate surface area is 125 Å². The number of hydrogen-bond acceptors (Lipinski definition) is 3. The third-order valence-electron chi connectivity index (χ3n) is 3.52. The molecule has 3 rings (SSSR count). The second-order valence-corrected chi connectivity index (χ2v) is 5.02. The van der Waals surface area contributed by atoms with E-state index in [9.17, 15) is 4.79 Å². The molecule has 0 atom stereocenters. The van der Waals surface area contributed by atoms with Gasteiger partial charge in [-0.2, -0.15) is 0 Å². The SMILES string of the molecule is CC.Cc1nc2c(c(=O)[nH]1)CCN(Cc1ccccc1)C2. The van der Waals surface area contributed by atoms with Crippen LogP contribution in [0, 0.1) is 6.92 Å². The molecule has 1 aliphatic heterocycles. The number of H-pyrrole nitrogens is 1. The molecule has 4 heteroatoms. The molecule has 112 valence electrons. The van der Waals surface area contributed by atoms with Gasteiger partial charge in [-0.1, -0.05) is 44.2 Å². The predicted octanol–water partition coefficient (Wildman–Crippen LogP) is 2.66. The van der Waals surface area contributed by atoms with Gasteiger partial charge in [0.1, 0.15) is 5.82 Å². The van der Waals surface area contributed by atoms with E-state index in [1.807, 2.05) is 26.8 Å². The highest BCUT2D eigenvalue weighted by Gasteiger charge is 2.20. The average Bonchev–Trinajstić information content (AvgIpc) is 2.50. The Morgan fingerprint density at radius 2 is 1.95 bits per heavy atom. The normalized spacial score (nSPS) is 14.0. The van der Waals surface area contributed by atoms with Crippen molar-refractivity contribution in [2.45, 2.75) is 40.3 Å². The minimum atomic E-state index is 0.0295. The molecule has 0 bridgehead atoms. The highest BCUT2D eigenvalue weighted by Crippen LogP contribution is 2.16. The Morgan fingerprint density at radius 1 is 1.24 bits per heavy atom. The second kappa shape index (κ2) is 7.18. The Hall–Kier alpha value is -1.94. The molecule has 0 aliphatic carbocycles. The fourth-order valence-electron chi connectivity index (χ4n) is 2.59. The number of nitrogens with zero attached hydrogens (tertiary/aromatic N) is 2. The quantitative estimate of drug-likeness (QED) is 0.923. The van der Waals surface area contributed by atoms with Crippen molar-refractivity contribution in [2.24, 2.45) is 0 Å². The van der Waals surface area contributed by atoms with Gasteiger partial charge < -0.3 is 4.98 Å². The largest absolute Gasteiger partial charge is 0.311 e. The van der Waals surface area contributed by atoms with E-state index in [1.165, 1.54) is 5.56 Å². The first-order chi connectivity index (χ1) is 10.2. The van der Waals surface area contributed by atoms with Gasteiger partial charge in [-0.3, -0.25) is 9.69 Å². The fraction of sp³-hybridized carbons (Fsp3) is 0.412.